The summed E-state index contributed by atoms with van der Waals surface area (Å²) in [6.45, 7) is 0. The van der Waals surface area contributed by atoms with Crippen molar-refractivity contribution < 1.29 is 34.3 Å². The number of carbonyl (C=O) groups is 2. The zero-order valence-electron chi connectivity index (χ0n) is 3.77. The topological polar surface area (TPSA) is 46.2 Å². The van der Waals surface area contributed by atoms with Crippen molar-refractivity contribution in [3.8, 4) is 0 Å². The molecule has 8 heavy (non-hydrogen) atoms. The molecule has 3 nitrogen and oxygen atoms in total. The van der Waals surface area contributed by atoms with Crippen molar-refractivity contribution in [2.24, 2.45) is 0 Å². The predicted octanol–water partition coefficient (Wildman–Crippen LogP) is -0.924. The molecule has 0 aromatic carbocycles. The van der Waals surface area contributed by atoms with Gasteiger partial charge in [0, 0.05) is 0 Å². The molecular weight excluding hydrogens is 304 g/mol. The first-order valence-corrected chi connectivity index (χ1v) is 3.39. The molecule has 0 bridgehead atoms. The van der Waals surface area contributed by atoms with E-state index in [9.17, 15) is 9.59 Å². The van der Waals surface area contributed by atoms with E-state index in [4.69, 9.17) is 0 Å². The van der Waals surface area contributed by atoms with Gasteiger partial charge >= 0.3 is 60.8 Å². The standard InChI is InChI=1S/C4H2AtNO2/c5-2-1-3(7)6-4(2)8/h1H,(H,6,7,8). The number of imide groups is 1. The average molecular weight is 306 g/mol. The quantitative estimate of drug-likeness (QED) is 0.588. The van der Waals surface area contributed by atoms with Crippen molar-refractivity contribution in [3.05, 3.63) is 9.36 Å². The van der Waals surface area contributed by atoms with Crippen molar-refractivity contribution in [3.63, 3.8) is 0 Å². The second-order valence-electron chi connectivity index (χ2n) is 1.31. The molecule has 0 saturated carbocycles. The summed E-state index contributed by atoms with van der Waals surface area (Å²) in [6.07, 6.45) is 1.30. The Kier molecular flexibility index (Phi) is 1.43. The number of amides is 2. The predicted molar refractivity (Wildman–Crippen MR) is 21.2 cm³/mol. The van der Waals surface area contributed by atoms with Crippen LogP contribution in [0.25, 0.3) is 0 Å². The van der Waals surface area contributed by atoms with Crippen LogP contribution < -0.4 is 5.32 Å². The summed E-state index contributed by atoms with van der Waals surface area (Å²) in [5.74, 6) is -0.556. The van der Waals surface area contributed by atoms with Gasteiger partial charge in [-0.15, -0.1) is 0 Å². The molecule has 0 aliphatic carbocycles. The number of nitrogens with one attached hydrogen (secondary N) is 1. The van der Waals surface area contributed by atoms with Gasteiger partial charge in [-0.3, -0.25) is 0 Å². The van der Waals surface area contributed by atoms with Crippen LogP contribution >= 0.6 is 0 Å². The Labute approximate surface area is 61.0 Å². The van der Waals surface area contributed by atoms with Gasteiger partial charge in [0.1, 0.15) is 0 Å². The average Bonchev–Trinajstić information content (AvgIpc) is 1.85. The third-order valence-electron chi connectivity index (χ3n) is 0.711. The van der Waals surface area contributed by atoms with E-state index in [2.05, 4.69) is 5.32 Å². The van der Waals surface area contributed by atoms with E-state index < -0.39 is 0 Å². The van der Waals surface area contributed by atoms with Crippen LogP contribution in [0, 0.1) is 24.7 Å². The maximum atomic E-state index is 10.4. The second kappa shape index (κ2) is 1.94. The van der Waals surface area contributed by atoms with Crippen LogP contribution in [0.2, 0.25) is 0 Å². The second-order valence-corrected chi connectivity index (χ2v) is 2.89. The minimum absolute atomic E-state index is 0.258. The van der Waals surface area contributed by atoms with Gasteiger partial charge in [0.25, 0.3) is 0 Å². The number of hydrogen-bond donors (Lipinski definition) is 1. The molecular formula is C4H2AtNO2. The molecule has 1 N–H and O–H groups in total. The third-order valence-corrected chi connectivity index (χ3v) is 1.80. The van der Waals surface area contributed by atoms with E-state index in [0.717, 1.165) is 0 Å². The van der Waals surface area contributed by atoms with E-state index >= 15 is 0 Å². The Morgan fingerprint density at radius 2 is 2.12 bits per heavy atom. The van der Waals surface area contributed by atoms with Crippen LogP contribution in [0.5, 0.6) is 0 Å². The SMILES string of the molecule is O=C1C=C([At])C(=O)N1. The fraction of sp³-hybridized carbons (Fsp3) is 0. The van der Waals surface area contributed by atoms with Crippen LogP contribution in [0.3, 0.4) is 0 Å². The molecule has 0 spiro atoms. The molecule has 0 saturated heterocycles. The first-order chi connectivity index (χ1) is 3.70. The van der Waals surface area contributed by atoms with E-state index in [1.54, 1.807) is 0 Å². The number of hydrogen-bond acceptors (Lipinski definition) is 2. The van der Waals surface area contributed by atoms with Crippen LogP contribution in [-0.4, -0.2) is 11.8 Å². The van der Waals surface area contributed by atoms with Crippen LogP contribution in [-0.2, 0) is 9.59 Å². The summed E-state index contributed by atoms with van der Waals surface area (Å²) in [6, 6.07) is 0. The molecule has 1 heterocycles. The van der Waals surface area contributed by atoms with Crippen molar-refractivity contribution in [1.82, 2.24) is 5.32 Å². The van der Waals surface area contributed by atoms with E-state index in [-0.39, 0.29) is 11.8 Å². The number of carbonyl (C=O) groups excluding carboxylic acids is 2. The van der Waals surface area contributed by atoms with Crippen molar-refractivity contribution >= 4 is 11.8 Å². The van der Waals surface area contributed by atoms with E-state index in [1.165, 1.54) is 30.8 Å². The summed E-state index contributed by atoms with van der Waals surface area (Å²) in [5.41, 5.74) is 0. The van der Waals surface area contributed by atoms with Crippen LogP contribution in [0.4, 0.5) is 0 Å². The normalized spacial score (nSPS) is 18.4. The Balaban J connectivity index is 2.88. The molecule has 1 rings (SSSR count). The summed E-state index contributed by atoms with van der Waals surface area (Å²) < 4.78 is 0.537. The Hall–Kier alpha value is -0.237. The van der Waals surface area contributed by atoms with Crippen molar-refractivity contribution in [2.75, 3.05) is 0 Å². The van der Waals surface area contributed by atoms with Gasteiger partial charge in [-0.05, 0) is 0 Å². The minimum atomic E-state index is -0.299. The molecule has 0 unspecified atom stereocenters. The molecule has 0 atom stereocenters. The summed E-state index contributed by atoms with van der Waals surface area (Å²) in [4.78, 5) is 20.7. The Morgan fingerprint density at radius 3 is 2.25 bits per heavy atom. The fourth-order valence-corrected chi connectivity index (χ4v) is 0.957. The summed E-state index contributed by atoms with van der Waals surface area (Å²) in [7, 11) is 0. The summed E-state index contributed by atoms with van der Waals surface area (Å²) >= 11 is 1.22. The molecule has 0 fully saturated rings. The summed E-state index contributed by atoms with van der Waals surface area (Å²) in [5, 5.41) is 2.11. The molecule has 42 valence electrons. The Morgan fingerprint density at radius 1 is 1.50 bits per heavy atom. The number of rotatable bonds is 0. The molecule has 2 amide bonds. The molecule has 4 heteroatoms. The monoisotopic (exact) mass is 306 g/mol. The molecule has 0 aromatic rings. The van der Waals surface area contributed by atoms with Gasteiger partial charge in [0.15, 0.2) is 0 Å². The van der Waals surface area contributed by atoms with E-state index in [0.29, 0.717) is 3.28 Å². The van der Waals surface area contributed by atoms with Gasteiger partial charge in [0.2, 0.25) is 0 Å². The van der Waals surface area contributed by atoms with Crippen molar-refractivity contribution in [2.45, 2.75) is 0 Å². The third kappa shape index (κ3) is 0.945. The zero-order chi connectivity index (χ0) is 6.15. The molecule has 1 aliphatic heterocycles. The first-order valence-electron chi connectivity index (χ1n) is 1.92. The molecule has 0 radical (unpaired) electrons. The van der Waals surface area contributed by atoms with Crippen LogP contribution in [0.15, 0.2) is 9.36 Å². The van der Waals surface area contributed by atoms with Crippen LogP contribution in [0.1, 0.15) is 0 Å². The maximum absolute atomic E-state index is 10.4. The Bertz CT molecular complexity index is 184. The molecule has 0 aromatic heterocycles. The van der Waals surface area contributed by atoms with Gasteiger partial charge in [0.05, 0.1) is 0 Å². The first kappa shape index (κ1) is 5.89. The van der Waals surface area contributed by atoms with E-state index in [1.807, 2.05) is 0 Å². The zero-order valence-corrected chi connectivity index (χ0v) is 6.71. The van der Waals surface area contributed by atoms with Gasteiger partial charge in [-0.1, -0.05) is 0 Å². The molecule has 1 aliphatic rings. The fourth-order valence-electron chi connectivity index (χ4n) is 0.388. The van der Waals surface area contributed by atoms with Gasteiger partial charge in [-0.2, -0.15) is 0 Å². The van der Waals surface area contributed by atoms with Crippen molar-refractivity contribution in [1.29, 1.82) is 0 Å². The van der Waals surface area contributed by atoms with Gasteiger partial charge in [-0.25, -0.2) is 0 Å². The van der Waals surface area contributed by atoms with Gasteiger partial charge < -0.3 is 0 Å².